The molecule has 7 heteroatoms. The van der Waals surface area contributed by atoms with E-state index < -0.39 is 29.0 Å². The predicted octanol–water partition coefficient (Wildman–Crippen LogP) is 4.87. The Morgan fingerprint density at radius 3 is 2.15 bits per heavy atom. The maximum absolute atomic E-state index is 14.1. The van der Waals surface area contributed by atoms with Gasteiger partial charge in [-0.25, -0.2) is 13.6 Å². The summed E-state index contributed by atoms with van der Waals surface area (Å²) in [5.74, 6) is -4.59. The van der Waals surface area contributed by atoms with Crippen LogP contribution in [0.5, 0.6) is 5.75 Å². The zero-order valence-corrected chi connectivity index (χ0v) is 15.5. The van der Waals surface area contributed by atoms with Crippen LogP contribution in [0, 0.1) is 11.6 Å². The highest BCUT2D eigenvalue weighted by Gasteiger charge is 2.31. The summed E-state index contributed by atoms with van der Waals surface area (Å²) in [6, 6.07) is 8.56. The standard InChI is InChI=1S/C19H15BrF2O4/c1-19(2,18(24)25)26-17-14(21)9-11(10-15(17)22)3-8-16(23)12-4-6-13(20)7-5-12/h3-10H,1-2H3,(H,24,25). The molecule has 1 N–H and O–H groups in total. The molecular weight excluding hydrogens is 410 g/mol. The van der Waals surface area contributed by atoms with E-state index in [2.05, 4.69) is 15.9 Å². The van der Waals surface area contributed by atoms with E-state index in [4.69, 9.17) is 9.84 Å². The van der Waals surface area contributed by atoms with Gasteiger partial charge in [-0.3, -0.25) is 4.79 Å². The zero-order chi connectivity index (χ0) is 19.5. The van der Waals surface area contributed by atoms with E-state index in [0.717, 1.165) is 16.6 Å². The molecular formula is C19H15BrF2O4. The predicted molar refractivity (Wildman–Crippen MR) is 96.2 cm³/mol. The molecule has 0 amide bonds. The Kier molecular flexibility index (Phi) is 5.92. The lowest BCUT2D eigenvalue weighted by molar-refractivity contribution is -0.152. The van der Waals surface area contributed by atoms with Gasteiger partial charge in [0.1, 0.15) is 0 Å². The first-order valence-electron chi connectivity index (χ1n) is 7.49. The summed E-state index contributed by atoms with van der Waals surface area (Å²) in [6.45, 7) is 2.36. The van der Waals surface area contributed by atoms with Crippen LogP contribution in [0.3, 0.4) is 0 Å². The number of rotatable bonds is 6. The number of carbonyl (C=O) groups is 2. The summed E-state index contributed by atoms with van der Waals surface area (Å²) in [5.41, 5.74) is -1.27. The van der Waals surface area contributed by atoms with Crippen LogP contribution in [-0.4, -0.2) is 22.5 Å². The molecule has 0 radical (unpaired) electrons. The molecule has 0 bridgehead atoms. The molecule has 0 aliphatic heterocycles. The van der Waals surface area contributed by atoms with Crippen LogP contribution in [0.2, 0.25) is 0 Å². The second-order valence-corrected chi connectivity index (χ2v) is 6.85. The molecule has 0 saturated carbocycles. The highest BCUT2D eigenvalue weighted by Crippen LogP contribution is 2.28. The number of halogens is 3. The molecule has 0 spiro atoms. The van der Waals surface area contributed by atoms with Crippen molar-refractivity contribution in [3.63, 3.8) is 0 Å². The molecule has 136 valence electrons. The lowest BCUT2D eigenvalue weighted by Gasteiger charge is -2.22. The minimum atomic E-state index is -1.80. The summed E-state index contributed by atoms with van der Waals surface area (Å²) >= 11 is 3.26. The van der Waals surface area contributed by atoms with Crippen LogP contribution in [-0.2, 0) is 4.79 Å². The Morgan fingerprint density at radius 1 is 1.12 bits per heavy atom. The van der Waals surface area contributed by atoms with Gasteiger partial charge in [0, 0.05) is 10.0 Å². The van der Waals surface area contributed by atoms with Crippen molar-refractivity contribution in [2.75, 3.05) is 0 Å². The van der Waals surface area contributed by atoms with E-state index in [9.17, 15) is 18.4 Å². The Labute approximate surface area is 157 Å². The normalized spacial score (nSPS) is 11.6. The van der Waals surface area contributed by atoms with Gasteiger partial charge in [-0.2, -0.15) is 0 Å². The lowest BCUT2D eigenvalue weighted by Crippen LogP contribution is -2.38. The monoisotopic (exact) mass is 424 g/mol. The number of carbonyl (C=O) groups excluding carboxylic acids is 1. The average Bonchev–Trinajstić information content (AvgIpc) is 2.56. The maximum atomic E-state index is 14.1. The minimum Gasteiger partial charge on any atom is -0.478 e. The molecule has 0 aliphatic carbocycles. The Morgan fingerprint density at radius 2 is 1.65 bits per heavy atom. The Hall–Kier alpha value is -2.54. The van der Waals surface area contributed by atoms with Crippen LogP contribution in [0.25, 0.3) is 6.08 Å². The smallest absolute Gasteiger partial charge is 0.347 e. The highest BCUT2D eigenvalue weighted by atomic mass is 79.9. The number of aliphatic carboxylic acids is 1. The van der Waals surface area contributed by atoms with Gasteiger partial charge in [0.2, 0.25) is 0 Å². The van der Waals surface area contributed by atoms with Gasteiger partial charge in [0.15, 0.2) is 28.8 Å². The maximum Gasteiger partial charge on any atom is 0.347 e. The van der Waals surface area contributed by atoms with E-state index in [-0.39, 0.29) is 11.3 Å². The molecule has 2 aromatic rings. The number of hydrogen-bond donors (Lipinski definition) is 1. The van der Waals surface area contributed by atoms with Gasteiger partial charge >= 0.3 is 5.97 Å². The number of carboxylic acids is 1. The fraction of sp³-hybridized carbons (Fsp3) is 0.158. The first kappa shape index (κ1) is 19.8. The molecule has 2 rings (SSSR count). The van der Waals surface area contributed by atoms with Crippen LogP contribution in [0.4, 0.5) is 8.78 Å². The third-order valence-corrected chi connectivity index (χ3v) is 3.98. The zero-order valence-electron chi connectivity index (χ0n) is 13.9. The van der Waals surface area contributed by atoms with Crippen LogP contribution in [0.15, 0.2) is 46.9 Å². The van der Waals surface area contributed by atoms with Crippen molar-refractivity contribution in [3.05, 3.63) is 69.7 Å². The largest absolute Gasteiger partial charge is 0.478 e. The van der Waals surface area contributed by atoms with E-state index in [0.29, 0.717) is 5.56 Å². The first-order valence-corrected chi connectivity index (χ1v) is 8.29. The molecule has 26 heavy (non-hydrogen) atoms. The third kappa shape index (κ3) is 4.76. The van der Waals surface area contributed by atoms with Crippen molar-refractivity contribution < 1.29 is 28.2 Å². The third-order valence-electron chi connectivity index (χ3n) is 3.45. The number of allylic oxidation sites excluding steroid dienone is 1. The van der Waals surface area contributed by atoms with Gasteiger partial charge < -0.3 is 9.84 Å². The topological polar surface area (TPSA) is 63.6 Å². The summed E-state index contributed by atoms with van der Waals surface area (Å²) in [6.07, 6.45) is 2.46. The number of benzene rings is 2. The van der Waals surface area contributed by atoms with Crippen LogP contribution >= 0.6 is 15.9 Å². The quantitative estimate of drug-likeness (QED) is 0.530. The van der Waals surface area contributed by atoms with E-state index >= 15 is 0 Å². The average molecular weight is 425 g/mol. The van der Waals surface area contributed by atoms with Crippen molar-refractivity contribution >= 4 is 33.8 Å². The van der Waals surface area contributed by atoms with Crippen molar-refractivity contribution in [1.29, 1.82) is 0 Å². The van der Waals surface area contributed by atoms with Gasteiger partial charge in [0.25, 0.3) is 0 Å². The van der Waals surface area contributed by atoms with E-state index in [1.807, 2.05) is 0 Å². The molecule has 0 heterocycles. The summed E-state index contributed by atoms with van der Waals surface area (Å²) in [4.78, 5) is 23.1. The Bertz CT molecular complexity index is 851. The molecule has 0 fully saturated rings. The first-order chi connectivity index (χ1) is 12.1. The van der Waals surface area contributed by atoms with Crippen molar-refractivity contribution in [2.24, 2.45) is 0 Å². The number of hydrogen-bond acceptors (Lipinski definition) is 3. The molecule has 0 atom stereocenters. The molecule has 0 saturated heterocycles. The fourth-order valence-electron chi connectivity index (χ4n) is 1.95. The molecule has 0 aliphatic rings. The summed E-state index contributed by atoms with van der Waals surface area (Å²) in [7, 11) is 0. The Balaban J connectivity index is 2.23. The van der Waals surface area contributed by atoms with Gasteiger partial charge in [-0.05, 0) is 61.9 Å². The van der Waals surface area contributed by atoms with Gasteiger partial charge in [0.05, 0.1) is 0 Å². The number of ether oxygens (including phenoxy) is 1. The van der Waals surface area contributed by atoms with E-state index in [1.54, 1.807) is 24.3 Å². The van der Waals surface area contributed by atoms with Gasteiger partial charge in [-0.1, -0.05) is 22.0 Å². The summed E-state index contributed by atoms with van der Waals surface area (Å²) in [5, 5.41) is 8.99. The summed E-state index contributed by atoms with van der Waals surface area (Å²) < 4.78 is 34.0. The molecule has 0 aromatic heterocycles. The lowest BCUT2D eigenvalue weighted by atomic mass is 10.1. The van der Waals surface area contributed by atoms with Gasteiger partial charge in [-0.15, -0.1) is 0 Å². The van der Waals surface area contributed by atoms with Crippen LogP contribution in [0.1, 0.15) is 29.8 Å². The molecule has 4 nitrogen and oxygen atoms in total. The van der Waals surface area contributed by atoms with Crippen LogP contribution < -0.4 is 4.74 Å². The fourth-order valence-corrected chi connectivity index (χ4v) is 2.22. The second kappa shape index (κ2) is 7.78. The van der Waals surface area contributed by atoms with Crippen molar-refractivity contribution in [3.8, 4) is 5.75 Å². The van der Waals surface area contributed by atoms with E-state index in [1.165, 1.54) is 26.0 Å². The van der Waals surface area contributed by atoms with Crippen molar-refractivity contribution in [2.45, 2.75) is 19.4 Å². The molecule has 0 unspecified atom stereocenters. The number of ketones is 1. The molecule has 2 aromatic carbocycles. The SMILES string of the molecule is CC(C)(Oc1c(F)cc(C=CC(=O)c2ccc(Br)cc2)cc1F)C(=O)O. The second-order valence-electron chi connectivity index (χ2n) is 5.94. The highest BCUT2D eigenvalue weighted by molar-refractivity contribution is 9.10. The van der Waals surface area contributed by atoms with Crippen molar-refractivity contribution in [1.82, 2.24) is 0 Å². The number of carboxylic acid groups (broad SMARTS) is 1. The minimum absolute atomic E-state index is 0.103.